The van der Waals surface area contributed by atoms with Crippen molar-refractivity contribution in [1.82, 2.24) is 9.80 Å². The Labute approximate surface area is 139 Å². The van der Waals surface area contributed by atoms with Crippen molar-refractivity contribution in [3.63, 3.8) is 0 Å². The number of thioether (sulfide) groups is 2. The van der Waals surface area contributed by atoms with Crippen LogP contribution in [-0.2, 0) is 14.4 Å². The first-order valence-corrected chi connectivity index (χ1v) is 9.86. The maximum Gasteiger partial charge on any atom is 0.303 e. The van der Waals surface area contributed by atoms with Crippen LogP contribution in [0.1, 0.15) is 25.7 Å². The number of nitrogens with zero attached hydrogens (tertiary/aromatic N) is 2. The molecule has 1 N–H and O–H groups in total. The van der Waals surface area contributed by atoms with E-state index in [1.54, 1.807) is 16.7 Å². The van der Waals surface area contributed by atoms with Crippen molar-refractivity contribution in [2.45, 2.75) is 31.7 Å². The first-order chi connectivity index (χ1) is 10.6. The van der Waals surface area contributed by atoms with Gasteiger partial charge in [0, 0.05) is 43.2 Å². The van der Waals surface area contributed by atoms with E-state index < -0.39 is 5.97 Å². The zero-order valence-electron chi connectivity index (χ0n) is 12.5. The molecule has 0 aromatic heterocycles. The average Bonchev–Trinajstić information content (AvgIpc) is 3.01. The molecule has 2 aliphatic rings. The molecule has 8 heteroatoms. The summed E-state index contributed by atoms with van der Waals surface area (Å²) in [4.78, 5) is 38.9. The fourth-order valence-corrected chi connectivity index (χ4v) is 4.66. The average molecular weight is 346 g/mol. The van der Waals surface area contributed by atoms with Crippen molar-refractivity contribution < 1.29 is 19.5 Å². The SMILES string of the molecule is O=C(O)CCCCC(=O)N1CSCC1C(=O)N1CCSCC1. The quantitative estimate of drug-likeness (QED) is 0.726. The van der Waals surface area contributed by atoms with Crippen LogP contribution in [0.4, 0.5) is 0 Å². The largest absolute Gasteiger partial charge is 0.481 e. The molecule has 2 amide bonds. The molecule has 2 aliphatic heterocycles. The summed E-state index contributed by atoms with van der Waals surface area (Å²) >= 11 is 3.47. The molecule has 2 fully saturated rings. The lowest BCUT2D eigenvalue weighted by atomic mass is 10.1. The zero-order valence-corrected chi connectivity index (χ0v) is 14.2. The number of hydrogen-bond donors (Lipinski definition) is 1. The van der Waals surface area contributed by atoms with E-state index in [2.05, 4.69) is 0 Å². The highest BCUT2D eigenvalue weighted by atomic mass is 32.2. The van der Waals surface area contributed by atoms with Crippen LogP contribution in [0.5, 0.6) is 0 Å². The number of amides is 2. The smallest absolute Gasteiger partial charge is 0.303 e. The Morgan fingerprint density at radius 2 is 1.73 bits per heavy atom. The van der Waals surface area contributed by atoms with Crippen molar-refractivity contribution in [2.75, 3.05) is 36.2 Å². The van der Waals surface area contributed by atoms with E-state index in [1.807, 2.05) is 16.7 Å². The molecular weight excluding hydrogens is 324 g/mol. The van der Waals surface area contributed by atoms with Gasteiger partial charge in [-0.05, 0) is 12.8 Å². The van der Waals surface area contributed by atoms with Gasteiger partial charge in [0.15, 0.2) is 0 Å². The topological polar surface area (TPSA) is 77.9 Å². The standard InChI is InChI=1S/C14H22N2O4S2/c17-12(3-1-2-4-13(18)19)16-10-22-9-11(16)14(20)15-5-7-21-8-6-15/h11H,1-10H2,(H,18,19). The summed E-state index contributed by atoms with van der Waals surface area (Å²) in [6, 6.07) is -0.333. The predicted octanol–water partition coefficient (Wildman–Crippen LogP) is 1.11. The molecule has 6 nitrogen and oxygen atoms in total. The summed E-state index contributed by atoms with van der Waals surface area (Å²) in [6.07, 6.45) is 1.49. The second-order valence-electron chi connectivity index (χ2n) is 5.42. The van der Waals surface area contributed by atoms with Crippen molar-refractivity contribution in [3.05, 3.63) is 0 Å². The van der Waals surface area contributed by atoms with Gasteiger partial charge in [0.2, 0.25) is 11.8 Å². The first-order valence-electron chi connectivity index (χ1n) is 7.55. The first kappa shape index (κ1) is 17.5. The van der Waals surface area contributed by atoms with Crippen LogP contribution in [0.25, 0.3) is 0 Å². The summed E-state index contributed by atoms with van der Waals surface area (Å²) in [5, 5.41) is 8.60. The number of unbranched alkanes of at least 4 members (excludes halogenated alkanes) is 1. The van der Waals surface area contributed by atoms with Gasteiger partial charge in [-0.3, -0.25) is 14.4 Å². The Balaban J connectivity index is 1.82. The van der Waals surface area contributed by atoms with Crippen molar-refractivity contribution in [2.24, 2.45) is 0 Å². The molecule has 2 rings (SSSR count). The summed E-state index contributed by atoms with van der Waals surface area (Å²) < 4.78 is 0. The molecule has 0 aromatic carbocycles. The van der Waals surface area contributed by atoms with Crippen LogP contribution in [-0.4, -0.2) is 75.0 Å². The normalized spacial score (nSPS) is 21.9. The number of carbonyl (C=O) groups excluding carboxylic acids is 2. The number of hydrogen-bond acceptors (Lipinski definition) is 5. The van der Waals surface area contributed by atoms with Gasteiger partial charge in [-0.1, -0.05) is 0 Å². The Morgan fingerprint density at radius 1 is 1.05 bits per heavy atom. The van der Waals surface area contributed by atoms with Crippen LogP contribution in [0.3, 0.4) is 0 Å². The molecule has 0 aliphatic carbocycles. The minimum atomic E-state index is -0.833. The third-order valence-corrected chi connectivity index (χ3v) is 5.80. The van der Waals surface area contributed by atoms with Crippen LogP contribution in [0.2, 0.25) is 0 Å². The van der Waals surface area contributed by atoms with Gasteiger partial charge in [-0.15, -0.1) is 11.8 Å². The summed E-state index contributed by atoms with van der Waals surface area (Å²) in [7, 11) is 0. The van der Waals surface area contributed by atoms with Crippen LogP contribution in [0.15, 0.2) is 0 Å². The molecule has 0 bridgehead atoms. The van der Waals surface area contributed by atoms with Gasteiger partial charge in [-0.2, -0.15) is 11.8 Å². The summed E-state index contributed by atoms with van der Waals surface area (Å²) in [6.45, 7) is 1.54. The molecule has 2 saturated heterocycles. The minimum Gasteiger partial charge on any atom is -0.481 e. The summed E-state index contributed by atoms with van der Waals surface area (Å²) in [5.74, 6) is 2.38. The van der Waals surface area contributed by atoms with Gasteiger partial charge >= 0.3 is 5.97 Å². The second kappa shape index (κ2) is 8.67. The molecule has 0 radical (unpaired) electrons. The predicted molar refractivity (Wildman–Crippen MR) is 88.0 cm³/mol. The molecular formula is C14H22N2O4S2. The van der Waals surface area contributed by atoms with Crippen molar-refractivity contribution in [1.29, 1.82) is 0 Å². The van der Waals surface area contributed by atoms with Gasteiger partial charge in [-0.25, -0.2) is 0 Å². The number of carboxylic acid groups (broad SMARTS) is 1. The molecule has 1 unspecified atom stereocenters. The van der Waals surface area contributed by atoms with Gasteiger partial charge < -0.3 is 14.9 Å². The van der Waals surface area contributed by atoms with Gasteiger partial charge in [0.1, 0.15) is 6.04 Å². The fourth-order valence-electron chi connectivity index (χ4n) is 2.58. The Kier molecular flexibility index (Phi) is 6.88. The molecule has 2 heterocycles. The van der Waals surface area contributed by atoms with E-state index in [0.29, 0.717) is 30.9 Å². The molecule has 0 spiro atoms. The summed E-state index contributed by atoms with van der Waals surface area (Å²) in [5.41, 5.74) is 0. The Morgan fingerprint density at radius 3 is 2.41 bits per heavy atom. The van der Waals surface area contributed by atoms with Crippen LogP contribution in [0, 0.1) is 0 Å². The lowest BCUT2D eigenvalue weighted by Crippen LogP contribution is -2.51. The zero-order chi connectivity index (χ0) is 15.9. The van der Waals surface area contributed by atoms with Crippen LogP contribution < -0.4 is 0 Å². The number of aliphatic carboxylic acids is 1. The van der Waals surface area contributed by atoms with Gasteiger partial charge in [0.05, 0.1) is 5.88 Å². The van der Waals surface area contributed by atoms with Crippen molar-refractivity contribution in [3.8, 4) is 0 Å². The molecule has 0 saturated carbocycles. The highest BCUT2D eigenvalue weighted by molar-refractivity contribution is 7.99. The molecule has 22 heavy (non-hydrogen) atoms. The van der Waals surface area contributed by atoms with E-state index in [4.69, 9.17) is 5.11 Å². The van der Waals surface area contributed by atoms with Crippen molar-refractivity contribution >= 4 is 41.3 Å². The third kappa shape index (κ3) is 4.81. The molecule has 0 aromatic rings. The Bertz CT molecular complexity index is 427. The highest BCUT2D eigenvalue weighted by Crippen LogP contribution is 2.25. The minimum absolute atomic E-state index is 0.0277. The maximum absolute atomic E-state index is 12.6. The van der Waals surface area contributed by atoms with E-state index in [9.17, 15) is 14.4 Å². The number of carbonyl (C=O) groups is 3. The lowest BCUT2D eigenvalue weighted by molar-refractivity contribution is -0.143. The maximum atomic E-state index is 12.6. The lowest BCUT2D eigenvalue weighted by Gasteiger charge is -2.32. The molecule has 1 atom stereocenters. The third-order valence-electron chi connectivity index (χ3n) is 3.84. The Hall–Kier alpha value is -0.890. The monoisotopic (exact) mass is 346 g/mol. The van der Waals surface area contributed by atoms with Gasteiger partial charge in [0.25, 0.3) is 0 Å². The van der Waals surface area contributed by atoms with E-state index in [-0.39, 0.29) is 24.3 Å². The molecule has 124 valence electrons. The van der Waals surface area contributed by atoms with E-state index >= 15 is 0 Å². The van der Waals surface area contributed by atoms with Crippen LogP contribution >= 0.6 is 23.5 Å². The second-order valence-corrected chi connectivity index (χ2v) is 7.64. The number of carboxylic acids is 1. The number of rotatable bonds is 6. The van der Waals surface area contributed by atoms with E-state index in [0.717, 1.165) is 24.6 Å². The van der Waals surface area contributed by atoms with E-state index in [1.165, 1.54) is 0 Å². The fraction of sp³-hybridized carbons (Fsp3) is 0.786. The highest BCUT2D eigenvalue weighted by Gasteiger charge is 2.36.